The number of unbranched alkanes of at least 4 members (excludes halogenated alkanes) is 24. The first-order chi connectivity index (χ1) is 34.0. The van der Waals surface area contributed by atoms with Crippen molar-refractivity contribution in [1.82, 2.24) is 5.32 Å². The lowest BCUT2D eigenvalue weighted by Gasteiger charge is -2.43. The summed E-state index contributed by atoms with van der Waals surface area (Å²) in [6.07, 6.45) is 18.1. The Morgan fingerprint density at radius 1 is 0.493 bits per heavy atom. The number of carbonyl (C=O) groups excluding carboxylic acids is 7. The summed E-state index contributed by atoms with van der Waals surface area (Å²) < 4.78 is 45.3. The zero-order valence-corrected chi connectivity index (χ0v) is 45.0. The molecule has 1 aliphatic rings. The number of rotatable bonds is 42. The minimum Gasteiger partial charge on any atom is -0.463 e. The van der Waals surface area contributed by atoms with Crippen LogP contribution in [0.1, 0.15) is 235 Å². The maximum absolute atomic E-state index is 14.3. The van der Waals surface area contributed by atoms with E-state index in [4.69, 9.17) is 37.9 Å². The number of aliphatic hydroxyl groups is 1. The van der Waals surface area contributed by atoms with E-state index in [0.29, 0.717) is 12.8 Å². The Labute approximate surface area is 425 Å². The quantitative estimate of drug-likeness (QED) is 0.0330. The maximum Gasteiger partial charge on any atom is 0.303 e. The molecule has 1 fully saturated rings. The zero-order chi connectivity index (χ0) is 52.8. The highest BCUT2D eigenvalue weighted by Crippen LogP contribution is 2.29. The van der Waals surface area contributed by atoms with Crippen molar-refractivity contribution in [2.24, 2.45) is 0 Å². The topological polar surface area (TPSA) is 226 Å². The number of nitrogens with one attached hydrogen (secondary N) is 1. The van der Waals surface area contributed by atoms with Crippen LogP contribution in [0.25, 0.3) is 0 Å². The molecule has 1 amide bonds. The molecule has 0 aromatic carbocycles. The Hall–Kier alpha value is -3.83. The molecule has 17 nitrogen and oxygen atoms in total. The first-order valence-electron chi connectivity index (χ1n) is 27.2. The number of ether oxygens (including phenoxy) is 8. The number of hydrogen-bond acceptors (Lipinski definition) is 16. The predicted octanol–water partition coefficient (Wildman–Crippen LogP) is 9.76. The average Bonchev–Trinajstić information content (AvgIpc) is 3.29. The molecule has 1 aliphatic heterocycles. The van der Waals surface area contributed by atoms with Gasteiger partial charge < -0.3 is 48.3 Å². The Balaban J connectivity index is 3.35. The lowest BCUT2D eigenvalue weighted by atomic mass is 9.97. The molecule has 0 bridgehead atoms. The molecule has 412 valence electrons. The summed E-state index contributed by atoms with van der Waals surface area (Å²) in [6, 6.07) is -1.32. The maximum atomic E-state index is 14.3. The largest absolute Gasteiger partial charge is 0.463 e. The molecule has 2 N–H and O–H groups in total. The van der Waals surface area contributed by atoms with Crippen LogP contribution in [0.3, 0.4) is 0 Å². The molecular weight excluding hydrogens is 919 g/mol. The molecule has 0 aromatic rings. The van der Waals surface area contributed by atoms with E-state index < -0.39 is 110 Å². The van der Waals surface area contributed by atoms with Crippen molar-refractivity contribution in [3.63, 3.8) is 0 Å². The fourth-order valence-corrected chi connectivity index (χ4v) is 8.99. The van der Waals surface area contributed by atoms with Crippen LogP contribution in [0.15, 0.2) is 0 Å². The van der Waals surface area contributed by atoms with Crippen LogP contribution in [0.4, 0.5) is 0 Å². The van der Waals surface area contributed by atoms with Crippen molar-refractivity contribution < 1.29 is 76.6 Å². The Kier molecular flexibility index (Phi) is 37.3. The lowest BCUT2D eigenvalue weighted by Crippen LogP contribution is -2.63. The molecule has 0 radical (unpaired) electrons. The van der Waals surface area contributed by atoms with Crippen molar-refractivity contribution >= 4 is 41.7 Å². The van der Waals surface area contributed by atoms with Crippen LogP contribution in [0.5, 0.6) is 0 Å². The molecule has 1 heterocycles. The number of hydrogen-bond donors (Lipinski definition) is 2. The Morgan fingerprint density at radius 3 is 1.31 bits per heavy atom. The Bertz CT molecular complexity index is 1490. The second-order valence-electron chi connectivity index (χ2n) is 19.3. The molecule has 9 atom stereocenters. The van der Waals surface area contributed by atoms with Gasteiger partial charge in [0.15, 0.2) is 30.7 Å². The van der Waals surface area contributed by atoms with Crippen molar-refractivity contribution in [2.45, 2.75) is 290 Å². The van der Waals surface area contributed by atoms with Gasteiger partial charge in [-0.1, -0.05) is 168 Å². The van der Waals surface area contributed by atoms with Crippen molar-refractivity contribution in [1.29, 1.82) is 0 Å². The Morgan fingerprint density at radius 2 is 0.901 bits per heavy atom. The summed E-state index contributed by atoms with van der Waals surface area (Å²) in [7, 11) is 0. The number of esters is 6. The highest BCUT2D eigenvalue weighted by Gasteiger charge is 2.51. The highest BCUT2D eigenvalue weighted by molar-refractivity contribution is 5.83. The van der Waals surface area contributed by atoms with Crippen LogP contribution >= 0.6 is 0 Å². The van der Waals surface area contributed by atoms with E-state index in [9.17, 15) is 38.7 Å². The van der Waals surface area contributed by atoms with E-state index in [1.807, 2.05) is 0 Å². The second kappa shape index (κ2) is 40.6. The molecule has 1 rings (SSSR count). The predicted molar refractivity (Wildman–Crippen MR) is 268 cm³/mol. The molecular formula is C54H95NO16. The van der Waals surface area contributed by atoms with Gasteiger partial charge in [0.25, 0.3) is 5.91 Å². The highest BCUT2D eigenvalue weighted by atomic mass is 16.7. The zero-order valence-electron chi connectivity index (χ0n) is 45.0. The summed E-state index contributed by atoms with van der Waals surface area (Å²) in [5.41, 5.74) is 0. The number of aliphatic hydroxyl groups excluding tert-OH is 1. The lowest BCUT2D eigenvalue weighted by molar-refractivity contribution is -0.307. The number of amides is 1. The van der Waals surface area contributed by atoms with E-state index in [0.717, 1.165) is 72.1 Å². The van der Waals surface area contributed by atoms with Gasteiger partial charge in [-0.3, -0.25) is 33.6 Å². The molecule has 71 heavy (non-hydrogen) atoms. The third-order valence-corrected chi connectivity index (χ3v) is 12.6. The fourth-order valence-electron chi connectivity index (χ4n) is 8.99. The monoisotopic (exact) mass is 1010 g/mol. The van der Waals surface area contributed by atoms with Gasteiger partial charge in [-0.05, 0) is 25.7 Å². The van der Waals surface area contributed by atoms with E-state index in [-0.39, 0.29) is 12.8 Å². The van der Waals surface area contributed by atoms with Gasteiger partial charge in [0.1, 0.15) is 24.9 Å². The van der Waals surface area contributed by atoms with Crippen molar-refractivity contribution in [2.75, 3.05) is 13.2 Å². The average molecular weight is 1010 g/mol. The van der Waals surface area contributed by atoms with Gasteiger partial charge in [0.2, 0.25) is 0 Å². The smallest absolute Gasteiger partial charge is 0.303 e. The van der Waals surface area contributed by atoms with E-state index in [1.54, 1.807) is 0 Å². The van der Waals surface area contributed by atoms with E-state index in [2.05, 4.69) is 19.2 Å². The van der Waals surface area contributed by atoms with Gasteiger partial charge in [-0.15, -0.1) is 0 Å². The minimum absolute atomic E-state index is 0.200. The molecule has 1 saturated heterocycles. The third kappa shape index (κ3) is 32.1. The third-order valence-electron chi connectivity index (χ3n) is 12.6. The standard InChI is InChI=1S/C54H95NO16/c1-9-11-13-15-17-19-21-23-24-26-28-30-32-34-36-47(67-41(5)58)53(63)55-45(37-65-54-49(62)52(70-44(8)61)51(69-43(7)60)48(71-54)38-64-39(3)56)50(68-42(6)59)46(66-40(4)57)35-33-31-29-27-25-22-20-18-16-14-12-10-2/h45-52,54,62H,9-38H2,1-8H3,(H,55,63). The van der Waals surface area contributed by atoms with Gasteiger partial charge in [-0.25, -0.2) is 0 Å². The summed E-state index contributed by atoms with van der Waals surface area (Å²) in [5, 5.41) is 14.4. The summed E-state index contributed by atoms with van der Waals surface area (Å²) in [5.74, 6) is -5.16. The van der Waals surface area contributed by atoms with Crippen molar-refractivity contribution in [3.8, 4) is 0 Å². The van der Waals surface area contributed by atoms with Gasteiger partial charge in [0.05, 0.1) is 12.6 Å². The van der Waals surface area contributed by atoms with Gasteiger partial charge in [-0.2, -0.15) is 0 Å². The number of carbonyl (C=O) groups is 7. The molecule has 0 aliphatic carbocycles. The van der Waals surface area contributed by atoms with Crippen LogP contribution in [-0.4, -0.2) is 115 Å². The van der Waals surface area contributed by atoms with E-state index >= 15 is 0 Å². The summed E-state index contributed by atoms with van der Waals surface area (Å²) in [4.78, 5) is 88.5. The van der Waals surface area contributed by atoms with Crippen LogP contribution in [-0.2, 0) is 71.5 Å². The van der Waals surface area contributed by atoms with Crippen molar-refractivity contribution in [3.05, 3.63) is 0 Å². The SMILES string of the molecule is CCCCCCCCCCCCCCCCC(OC(C)=O)C(=O)NC(COC1OC(COC(C)=O)C(OC(C)=O)C(OC(C)=O)C1O)C(OC(C)=O)C(CCCCCCCCCCCCCC)OC(C)=O. The van der Waals surface area contributed by atoms with Crippen LogP contribution in [0, 0.1) is 0 Å². The molecule has 0 spiro atoms. The fraction of sp³-hybridized carbons (Fsp3) is 0.870. The second-order valence-corrected chi connectivity index (χ2v) is 19.3. The molecule has 17 heteroatoms. The first-order valence-corrected chi connectivity index (χ1v) is 27.2. The normalized spacial score (nSPS) is 19.4. The molecule has 9 unspecified atom stereocenters. The van der Waals surface area contributed by atoms with Gasteiger partial charge in [0, 0.05) is 41.5 Å². The summed E-state index contributed by atoms with van der Waals surface area (Å²) in [6.45, 7) is 10.3. The van der Waals surface area contributed by atoms with E-state index in [1.165, 1.54) is 124 Å². The van der Waals surface area contributed by atoms with Gasteiger partial charge >= 0.3 is 35.8 Å². The molecule has 0 aromatic heterocycles. The minimum atomic E-state index is -1.81. The van der Waals surface area contributed by atoms with Crippen LogP contribution < -0.4 is 5.32 Å². The summed E-state index contributed by atoms with van der Waals surface area (Å²) >= 11 is 0. The van der Waals surface area contributed by atoms with Crippen LogP contribution in [0.2, 0.25) is 0 Å². The molecule has 0 saturated carbocycles. The first kappa shape index (κ1) is 65.2.